The van der Waals surface area contributed by atoms with Crippen molar-refractivity contribution in [2.75, 3.05) is 0 Å². The van der Waals surface area contributed by atoms with Crippen molar-refractivity contribution in [3.63, 3.8) is 0 Å². The molecule has 0 amide bonds. The minimum atomic E-state index is -1.22. The highest BCUT2D eigenvalue weighted by atomic mass is 16.7. The van der Waals surface area contributed by atoms with E-state index in [9.17, 15) is 4.79 Å². The minimum Gasteiger partial charge on any atom is -0.450 e. The molecule has 0 heterocycles. The highest BCUT2D eigenvalue weighted by Gasteiger charge is 2.13. The van der Waals surface area contributed by atoms with Crippen molar-refractivity contribution in [2.24, 2.45) is 0 Å². The van der Waals surface area contributed by atoms with Crippen molar-refractivity contribution in [2.45, 2.75) is 78.7 Å². The average Bonchev–Trinajstić information content (AvgIpc) is 2.09. The SMILES string of the molecule is CC(C)(C)OC(=O)O.CCCCCCCC. The highest BCUT2D eigenvalue weighted by molar-refractivity contribution is 5.57. The van der Waals surface area contributed by atoms with Crippen LogP contribution in [0.25, 0.3) is 0 Å². The van der Waals surface area contributed by atoms with Crippen molar-refractivity contribution in [1.82, 2.24) is 0 Å². The van der Waals surface area contributed by atoms with Crippen LogP contribution in [0.2, 0.25) is 0 Å². The Morgan fingerprint density at radius 2 is 1.38 bits per heavy atom. The maximum atomic E-state index is 9.79. The fourth-order valence-corrected chi connectivity index (χ4v) is 1.12. The zero-order chi connectivity index (χ0) is 13.0. The molecule has 0 aromatic carbocycles. The summed E-state index contributed by atoms with van der Waals surface area (Å²) < 4.78 is 4.35. The van der Waals surface area contributed by atoms with Crippen LogP contribution in [0.15, 0.2) is 0 Å². The number of carbonyl (C=O) groups is 1. The molecule has 0 bridgehead atoms. The first-order valence-corrected chi connectivity index (χ1v) is 6.25. The van der Waals surface area contributed by atoms with Crippen molar-refractivity contribution < 1.29 is 14.6 Å². The van der Waals surface area contributed by atoms with E-state index >= 15 is 0 Å². The maximum Gasteiger partial charge on any atom is 0.506 e. The van der Waals surface area contributed by atoms with Crippen molar-refractivity contribution >= 4 is 6.16 Å². The Balaban J connectivity index is 0. The molecule has 98 valence electrons. The summed E-state index contributed by atoms with van der Waals surface area (Å²) in [6.45, 7) is 9.56. The second-order valence-corrected chi connectivity index (χ2v) is 4.89. The Bertz CT molecular complexity index is 153. The van der Waals surface area contributed by atoms with Crippen LogP contribution >= 0.6 is 0 Å². The van der Waals surface area contributed by atoms with Crippen LogP contribution in [0.1, 0.15) is 73.1 Å². The van der Waals surface area contributed by atoms with Gasteiger partial charge >= 0.3 is 6.16 Å². The number of unbranched alkanes of at least 4 members (excludes halogenated alkanes) is 5. The van der Waals surface area contributed by atoms with Gasteiger partial charge in [0.2, 0.25) is 0 Å². The Kier molecular flexibility index (Phi) is 11.9. The summed E-state index contributed by atoms with van der Waals surface area (Å²) >= 11 is 0. The van der Waals surface area contributed by atoms with Gasteiger partial charge in [-0.25, -0.2) is 4.79 Å². The van der Waals surface area contributed by atoms with E-state index in [2.05, 4.69) is 18.6 Å². The largest absolute Gasteiger partial charge is 0.506 e. The fourth-order valence-electron chi connectivity index (χ4n) is 1.12. The molecular formula is C13H28O3. The molecule has 3 heteroatoms. The van der Waals surface area contributed by atoms with Gasteiger partial charge in [-0.1, -0.05) is 52.4 Å². The molecule has 16 heavy (non-hydrogen) atoms. The molecule has 0 aliphatic rings. The van der Waals surface area contributed by atoms with Gasteiger partial charge < -0.3 is 9.84 Å². The molecule has 0 radical (unpaired) electrons. The van der Waals surface area contributed by atoms with Gasteiger partial charge in [-0.05, 0) is 20.8 Å². The molecule has 0 spiro atoms. The number of hydrogen-bond donors (Lipinski definition) is 1. The average molecular weight is 232 g/mol. The molecule has 3 nitrogen and oxygen atoms in total. The Hall–Kier alpha value is -0.730. The molecule has 0 fully saturated rings. The number of hydrogen-bond acceptors (Lipinski definition) is 2. The molecule has 0 saturated heterocycles. The molecule has 0 rings (SSSR count). The van der Waals surface area contributed by atoms with E-state index in [1.165, 1.54) is 38.5 Å². The van der Waals surface area contributed by atoms with E-state index in [0.29, 0.717) is 0 Å². The Morgan fingerprint density at radius 3 is 1.50 bits per heavy atom. The summed E-state index contributed by atoms with van der Waals surface area (Å²) in [5, 5.41) is 8.03. The van der Waals surface area contributed by atoms with Crippen LogP contribution in [0.5, 0.6) is 0 Å². The lowest BCUT2D eigenvalue weighted by atomic mass is 10.1. The molecule has 0 atom stereocenters. The van der Waals surface area contributed by atoms with Gasteiger partial charge in [-0.3, -0.25) is 0 Å². The Labute approximate surface area is 100 Å². The predicted molar refractivity (Wildman–Crippen MR) is 67.9 cm³/mol. The van der Waals surface area contributed by atoms with Gasteiger partial charge in [0.25, 0.3) is 0 Å². The van der Waals surface area contributed by atoms with E-state index < -0.39 is 11.8 Å². The van der Waals surface area contributed by atoms with Gasteiger partial charge in [0.15, 0.2) is 0 Å². The normalized spacial score (nSPS) is 10.3. The van der Waals surface area contributed by atoms with Gasteiger partial charge in [0, 0.05) is 0 Å². The van der Waals surface area contributed by atoms with Gasteiger partial charge in [-0.2, -0.15) is 0 Å². The van der Waals surface area contributed by atoms with E-state index in [4.69, 9.17) is 5.11 Å². The third kappa shape index (κ3) is 23.2. The summed E-state index contributed by atoms with van der Waals surface area (Å²) in [6.07, 6.45) is 7.26. The first-order chi connectivity index (χ1) is 7.33. The van der Waals surface area contributed by atoms with Crippen molar-refractivity contribution in [3.8, 4) is 0 Å². The summed E-state index contributed by atoms with van der Waals surface area (Å²) in [6, 6.07) is 0. The first kappa shape index (κ1) is 17.7. The molecule has 0 aliphatic carbocycles. The lowest BCUT2D eigenvalue weighted by Gasteiger charge is -2.15. The van der Waals surface area contributed by atoms with Crippen LogP contribution in [-0.4, -0.2) is 16.9 Å². The third-order valence-electron chi connectivity index (χ3n) is 1.85. The molecular weight excluding hydrogens is 204 g/mol. The van der Waals surface area contributed by atoms with E-state index in [1.54, 1.807) is 20.8 Å². The van der Waals surface area contributed by atoms with E-state index in [0.717, 1.165) is 0 Å². The van der Waals surface area contributed by atoms with Crippen LogP contribution < -0.4 is 0 Å². The molecule has 0 unspecified atom stereocenters. The second-order valence-electron chi connectivity index (χ2n) is 4.89. The molecule has 0 aromatic rings. The monoisotopic (exact) mass is 232 g/mol. The Morgan fingerprint density at radius 1 is 1.00 bits per heavy atom. The number of ether oxygens (including phenoxy) is 1. The van der Waals surface area contributed by atoms with Crippen molar-refractivity contribution in [3.05, 3.63) is 0 Å². The van der Waals surface area contributed by atoms with Gasteiger partial charge in [0.1, 0.15) is 5.60 Å². The van der Waals surface area contributed by atoms with Crippen LogP contribution in [0, 0.1) is 0 Å². The molecule has 0 aliphatic heterocycles. The zero-order valence-electron chi connectivity index (χ0n) is 11.5. The lowest BCUT2D eigenvalue weighted by Crippen LogP contribution is -2.22. The van der Waals surface area contributed by atoms with E-state index in [1.807, 2.05) is 0 Å². The molecule has 0 saturated carbocycles. The minimum absolute atomic E-state index is 0.578. The van der Waals surface area contributed by atoms with E-state index in [-0.39, 0.29) is 0 Å². The fraction of sp³-hybridized carbons (Fsp3) is 0.923. The summed E-state index contributed by atoms with van der Waals surface area (Å²) in [4.78, 5) is 9.79. The van der Waals surface area contributed by atoms with Crippen LogP contribution in [-0.2, 0) is 4.74 Å². The maximum absolute atomic E-state index is 9.79. The topological polar surface area (TPSA) is 46.5 Å². The van der Waals surface area contributed by atoms with Gasteiger partial charge in [-0.15, -0.1) is 0 Å². The third-order valence-corrected chi connectivity index (χ3v) is 1.85. The lowest BCUT2D eigenvalue weighted by molar-refractivity contribution is 0.0150. The number of rotatable bonds is 5. The zero-order valence-corrected chi connectivity index (χ0v) is 11.5. The smallest absolute Gasteiger partial charge is 0.450 e. The van der Waals surface area contributed by atoms with Crippen LogP contribution in [0.3, 0.4) is 0 Å². The predicted octanol–water partition coefficient (Wildman–Crippen LogP) is 4.85. The second kappa shape index (κ2) is 10.8. The summed E-state index contributed by atoms with van der Waals surface area (Å²) in [5.41, 5.74) is -0.578. The first-order valence-electron chi connectivity index (χ1n) is 6.25. The number of carboxylic acid groups (broad SMARTS) is 1. The summed E-state index contributed by atoms with van der Waals surface area (Å²) in [7, 11) is 0. The van der Waals surface area contributed by atoms with Crippen LogP contribution in [0.4, 0.5) is 4.79 Å². The molecule has 0 aromatic heterocycles. The quantitative estimate of drug-likeness (QED) is 0.544. The van der Waals surface area contributed by atoms with Crippen molar-refractivity contribution in [1.29, 1.82) is 0 Å². The summed E-state index contributed by atoms with van der Waals surface area (Å²) in [5.74, 6) is 0. The highest BCUT2D eigenvalue weighted by Crippen LogP contribution is 2.05. The van der Waals surface area contributed by atoms with Gasteiger partial charge in [0.05, 0.1) is 0 Å². The standard InChI is InChI=1S/C8H18.C5H10O3/c1-3-5-7-8-6-4-2;1-5(2,3)8-4(6)7/h3-8H2,1-2H3;1-3H3,(H,6,7). The molecule has 1 N–H and O–H groups in total.